The van der Waals surface area contributed by atoms with Crippen LogP contribution < -0.4 is 15.8 Å². The van der Waals surface area contributed by atoms with Crippen molar-refractivity contribution in [1.82, 2.24) is 19.9 Å². The highest BCUT2D eigenvalue weighted by molar-refractivity contribution is 7.89. The molecule has 164 valence electrons. The number of halogens is 4. The second kappa shape index (κ2) is 7.70. The van der Waals surface area contributed by atoms with Gasteiger partial charge >= 0.3 is 6.18 Å². The summed E-state index contributed by atoms with van der Waals surface area (Å²) in [7, 11) is -3.73. The van der Waals surface area contributed by atoms with Gasteiger partial charge in [0.05, 0.1) is 15.5 Å². The lowest BCUT2D eigenvalue weighted by molar-refractivity contribution is -0.137. The lowest BCUT2D eigenvalue weighted by Crippen LogP contribution is -2.25. The van der Waals surface area contributed by atoms with Crippen LogP contribution in [0, 0.1) is 0 Å². The van der Waals surface area contributed by atoms with Crippen LogP contribution in [0.15, 0.2) is 41.3 Å². The maximum Gasteiger partial charge on any atom is 0.417 e. The molecule has 8 nitrogen and oxygen atoms in total. The zero-order valence-electron chi connectivity index (χ0n) is 15.7. The Bertz CT molecular complexity index is 1220. The molecule has 5 N–H and O–H groups in total. The van der Waals surface area contributed by atoms with Crippen molar-refractivity contribution in [3.8, 4) is 11.1 Å². The first-order chi connectivity index (χ1) is 14.5. The number of H-pyrrole nitrogens is 1. The number of nitrogens with zero attached hydrogens (tertiary/aromatic N) is 2. The maximum atomic E-state index is 13.8. The summed E-state index contributed by atoms with van der Waals surface area (Å²) in [5.41, 5.74) is 4.27. The van der Waals surface area contributed by atoms with Gasteiger partial charge in [-0.3, -0.25) is 0 Å². The van der Waals surface area contributed by atoms with Crippen molar-refractivity contribution >= 4 is 39.2 Å². The Morgan fingerprint density at radius 2 is 1.84 bits per heavy atom. The van der Waals surface area contributed by atoms with Crippen LogP contribution in [0.5, 0.6) is 0 Å². The van der Waals surface area contributed by atoms with Crippen LogP contribution in [-0.4, -0.2) is 29.6 Å². The van der Waals surface area contributed by atoms with Gasteiger partial charge in [0.1, 0.15) is 0 Å². The summed E-state index contributed by atoms with van der Waals surface area (Å²) < 4.78 is 68.5. The quantitative estimate of drug-likeness (QED) is 0.431. The number of sulfonamides is 1. The molecule has 0 atom stereocenters. The van der Waals surface area contributed by atoms with E-state index in [-0.39, 0.29) is 44.7 Å². The SMILES string of the molecule is Nc1nc(Nc2cc(Cl)c(-c3ccc(S(=O)(=O)NC4CC4)cc3)c(C(F)(F)F)c2)n[nH]1. The van der Waals surface area contributed by atoms with E-state index in [4.69, 9.17) is 17.3 Å². The number of hydrogen-bond acceptors (Lipinski definition) is 6. The van der Waals surface area contributed by atoms with Crippen LogP contribution in [0.2, 0.25) is 5.02 Å². The van der Waals surface area contributed by atoms with Crippen LogP contribution in [0.1, 0.15) is 18.4 Å². The minimum atomic E-state index is -4.73. The molecular weight excluding hydrogens is 457 g/mol. The molecule has 3 aromatic rings. The fourth-order valence-corrected chi connectivity index (χ4v) is 4.58. The molecule has 1 aromatic heterocycles. The monoisotopic (exact) mass is 472 g/mol. The van der Waals surface area contributed by atoms with Crippen LogP contribution in [0.25, 0.3) is 11.1 Å². The van der Waals surface area contributed by atoms with Crippen LogP contribution in [-0.2, 0) is 16.2 Å². The van der Waals surface area contributed by atoms with E-state index in [1.165, 1.54) is 30.3 Å². The van der Waals surface area contributed by atoms with Crippen LogP contribution in [0.3, 0.4) is 0 Å². The molecule has 0 saturated heterocycles. The molecule has 4 rings (SSSR count). The fraction of sp³-hybridized carbons (Fsp3) is 0.222. The smallest absolute Gasteiger partial charge is 0.368 e. The van der Waals surface area contributed by atoms with Gasteiger partial charge in [-0.15, -0.1) is 5.10 Å². The molecule has 2 aromatic carbocycles. The standard InChI is InChI=1S/C18H16ClF3N6O2S/c19-14-8-11(24-17-25-16(23)26-27-17)7-13(18(20,21)22)15(14)9-1-5-12(6-2-9)31(29,30)28-10-3-4-10/h1-2,5-8,10,28H,3-4H2,(H4,23,24,25,26,27). The zero-order chi connectivity index (χ0) is 22.4. The van der Waals surface area contributed by atoms with E-state index in [9.17, 15) is 21.6 Å². The van der Waals surface area contributed by atoms with E-state index in [1.807, 2.05) is 0 Å². The van der Waals surface area contributed by atoms with Gasteiger partial charge in [0, 0.05) is 17.3 Å². The van der Waals surface area contributed by atoms with Gasteiger partial charge in [-0.1, -0.05) is 23.7 Å². The molecule has 31 heavy (non-hydrogen) atoms. The minimum absolute atomic E-state index is 0.00696. The molecule has 0 amide bonds. The second-order valence-electron chi connectivity index (χ2n) is 6.97. The normalized spacial score (nSPS) is 14.6. The van der Waals surface area contributed by atoms with Gasteiger partial charge in [-0.05, 0) is 42.7 Å². The van der Waals surface area contributed by atoms with E-state index >= 15 is 0 Å². The van der Waals surface area contributed by atoms with Gasteiger partial charge in [-0.2, -0.15) is 18.2 Å². The first kappa shape index (κ1) is 21.4. The fourth-order valence-electron chi connectivity index (χ4n) is 2.94. The van der Waals surface area contributed by atoms with E-state index in [1.54, 1.807) is 0 Å². The Labute approximate surface area is 180 Å². The molecule has 0 radical (unpaired) electrons. The third kappa shape index (κ3) is 4.75. The molecule has 13 heteroatoms. The van der Waals surface area contributed by atoms with Crippen molar-refractivity contribution in [2.24, 2.45) is 0 Å². The molecule has 0 spiro atoms. The molecule has 1 aliphatic carbocycles. The van der Waals surface area contributed by atoms with Gasteiger partial charge in [0.15, 0.2) is 0 Å². The Balaban J connectivity index is 1.71. The number of hydrogen-bond donors (Lipinski definition) is 4. The third-order valence-electron chi connectivity index (χ3n) is 4.51. The number of alkyl halides is 3. The van der Waals surface area contributed by atoms with Gasteiger partial charge in [-0.25, -0.2) is 18.2 Å². The lowest BCUT2D eigenvalue weighted by atomic mass is 9.98. The van der Waals surface area contributed by atoms with Crippen LogP contribution >= 0.6 is 11.6 Å². The first-order valence-electron chi connectivity index (χ1n) is 9.01. The number of nitrogen functional groups attached to an aromatic ring is 1. The number of aromatic amines is 1. The van der Waals surface area contributed by atoms with Gasteiger partial charge in [0.25, 0.3) is 0 Å². The van der Waals surface area contributed by atoms with Crippen molar-refractivity contribution in [2.75, 3.05) is 11.1 Å². The highest BCUT2D eigenvalue weighted by Crippen LogP contribution is 2.43. The predicted molar refractivity (Wildman–Crippen MR) is 109 cm³/mol. The summed E-state index contributed by atoms with van der Waals surface area (Å²) in [6.45, 7) is 0. The number of nitrogens with one attached hydrogen (secondary N) is 3. The summed E-state index contributed by atoms with van der Waals surface area (Å²) in [5.74, 6) is -0.0281. The molecule has 1 heterocycles. The molecule has 1 aliphatic rings. The topological polar surface area (TPSA) is 126 Å². The average Bonchev–Trinajstić information content (AvgIpc) is 3.39. The summed E-state index contributed by atoms with van der Waals surface area (Å²) >= 11 is 6.21. The first-order valence-corrected chi connectivity index (χ1v) is 10.9. The van der Waals surface area contributed by atoms with E-state index < -0.39 is 21.8 Å². The maximum absolute atomic E-state index is 13.8. The van der Waals surface area contributed by atoms with E-state index in [0.29, 0.717) is 0 Å². The van der Waals surface area contributed by atoms with Gasteiger partial charge < -0.3 is 11.1 Å². The molecular formula is C18H16ClF3N6O2S. The molecule has 1 saturated carbocycles. The Hall–Kier alpha value is -2.83. The van der Waals surface area contributed by atoms with E-state index in [0.717, 1.165) is 18.9 Å². The van der Waals surface area contributed by atoms with Crippen molar-refractivity contribution in [1.29, 1.82) is 0 Å². The van der Waals surface area contributed by atoms with E-state index in [2.05, 4.69) is 25.2 Å². The van der Waals surface area contributed by atoms with Crippen molar-refractivity contribution in [2.45, 2.75) is 30.0 Å². The largest absolute Gasteiger partial charge is 0.417 e. The van der Waals surface area contributed by atoms with Crippen LogP contribution in [0.4, 0.5) is 30.8 Å². The molecule has 0 bridgehead atoms. The Morgan fingerprint density at radius 1 is 1.16 bits per heavy atom. The summed E-state index contributed by atoms with van der Waals surface area (Å²) in [6, 6.07) is 7.15. The van der Waals surface area contributed by atoms with Crippen molar-refractivity contribution < 1.29 is 21.6 Å². The average molecular weight is 473 g/mol. The highest BCUT2D eigenvalue weighted by Gasteiger charge is 2.36. The third-order valence-corrected chi connectivity index (χ3v) is 6.34. The highest BCUT2D eigenvalue weighted by atomic mass is 35.5. The second-order valence-corrected chi connectivity index (χ2v) is 9.09. The van der Waals surface area contributed by atoms with Crippen molar-refractivity contribution in [3.63, 3.8) is 0 Å². The number of rotatable bonds is 6. The van der Waals surface area contributed by atoms with Crippen molar-refractivity contribution in [3.05, 3.63) is 47.0 Å². The zero-order valence-corrected chi connectivity index (χ0v) is 17.2. The number of nitrogens with two attached hydrogens (primary N) is 1. The summed E-state index contributed by atoms with van der Waals surface area (Å²) in [4.78, 5) is 3.74. The van der Waals surface area contributed by atoms with Gasteiger partial charge in [0.2, 0.25) is 21.9 Å². The minimum Gasteiger partial charge on any atom is -0.368 e. The lowest BCUT2D eigenvalue weighted by Gasteiger charge is -2.17. The number of aromatic nitrogens is 3. The Morgan fingerprint density at radius 3 is 2.39 bits per heavy atom. The molecule has 1 fully saturated rings. The number of benzene rings is 2. The molecule has 0 unspecified atom stereocenters. The summed E-state index contributed by atoms with van der Waals surface area (Å²) in [6.07, 6.45) is -3.20. The number of anilines is 3. The Kier molecular flexibility index (Phi) is 5.31. The summed E-state index contributed by atoms with van der Waals surface area (Å²) in [5, 5.41) is 8.49. The molecule has 0 aliphatic heterocycles. The predicted octanol–water partition coefficient (Wildman–Crippen LogP) is 3.91.